The van der Waals surface area contributed by atoms with Crippen LogP contribution in [0.2, 0.25) is 0 Å². The van der Waals surface area contributed by atoms with E-state index in [1.54, 1.807) is 0 Å². The molecule has 1 fully saturated rings. The van der Waals surface area contributed by atoms with E-state index in [1.165, 1.54) is 17.5 Å². The third kappa shape index (κ3) is 5.74. The van der Waals surface area contributed by atoms with E-state index in [2.05, 4.69) is 43.0 Å². The minimum atomic E-state index is -0.451. The molecule has 1 aliphatic heterocycles. The summed E-state index contributed by atoms with van der Waals surface area (Å²) in [4.78, 5) is 16.9. The van der Waals surface area contributed by atoms with Crippen LogP contribution in [0.1, 0.15) is 71.0 Å². The van der Waals surface area contributed by atoms with Gasteiger partial charge in [0.1, 0.15) is 5.60 Å². The number of benzene rings is 1. The van der Waals surface area contributed by atoms with Crippen LogP contribution in [0, 0.1) is 0 Å². The lowest BCUT2D eigenvalue weighted by atomic mass is 10.0. The van der Waals surface area contributed by atoms with Gasteiger partial charge in [0, 0.05) is 13.1 Å². The SMILES string of the molecule is CCCN(CC)Cc1cccc(C2CCCN2C(=O)OC(C)(C)C)c1. The Balaban J connectivity index is 2.11. The number of carbonyl (C=O) groups excluding carboxylic acids is 1. The van der Waals surface area contributed by atoms with Crippen molar-refractivity contribution in [3.8, 4) is 0 Å². The van der Waals surface area contributed by atoms with Gasteiger partial charge in [-0.2, -0.15) is 0 Å². The van der Waals surface area contributed by atoms with E-state index in [-0.39, 0.29) is 12.1 Å². The number of nitrogens with zero attached hydrogens (tertiary/aromatic N) is 2. The van der Waals surface area contributed by atoms with Gasteiger partial charge in [-0.1, -0.05) is 38.1 Å². The second-order valence-electron chi connectivity index (χ2n) is 7.95. The van der Waals surface area contributed by atoms with Gasteiger partial charge in [-0.25, -0.2) is 4.79 Å². The van der Waals surface area contributed by atoms with E-state index in [0.717, 1.165) is 39.0 Å². The van der Waals surface area contributed by atoms with Gasteiger partial charge in [0.15, 0.2) is 0 Å². The summed E-state index contributed by atoms with van der Waals surface area (Å²) >= 11 is 0. The van der Waals surface area contributed by atoms with Crippen LogP contribution in [0.25, 0.3) is 0 Å². The molecule has 0 aromatic heterocycles. The summed E-state index contributed by atoms with van der Waals surface area (Å²) in [6.45, 7) is 14.1. The molecule has 0 aliphatic carbocycles. The summed E-state index contributed by atoms with van der Waals surface area (Å²) in [6.07, 6.45) is 3.02. The predicted octanol–water partition coefficient (Wildman–Crippen LogP) is 4.99. The highest BCUT2D eigenvalue weighted by Crippen LogP contribution is 2.33. The molecule has 1 unspecified atom stereocenters. The van der Waals surface area contributed by atoms with Crippen molar-refractivity contribution in [1.29, 1.82) is 0 Å². The monoisotopic (exact) mass is 346 g/mol. The predicted molar refractivity (Wildman–Crippen MR) is 103 cm³/mol. The number of hydrogen-bond acceptors (Lipinski definition) is 3. The van der Waals surface area contributed by atoms with Gasteiger partial charge in [0.25, 0.3) is 0 Å². The van der Waals surface area contributed by atoms with Crippen molar-refractivity contribution in [2.45, 2.75) is 72.1 Å². The maximum atomic E-state index is 12.5. The highest BCUT2D eigenvalue weighted by Gasteiger charge is 2.33. The van der Waals surface area contributed by atoms with E-state index in [1.807, 2.05) is 25.7 Å². The van der Waals surface area contributed by atoms with E-state index in [0.29, 0.717) is 0 Å². The van der Waals surface area contributed by atoms with Crippen molar-refractivity contribution < 1.29 is 9.53 Å². The van der Waals surface area contributed by atoms with Crippen molar-refractivity contribution in [2.24, 2.45) is 0 Å². The number of likely N-dealkylation sites (tertiary alicyclic amines) is 1. The number of rotatable bonds is 6. The Hall–Kier alpha value is -1.55. The van der Waals surface area contributed by atoms with Crippen LogP contribution in [0.5, 0.6) is 0 Å². The molecule has 1 amide bonds. The summed E-state index contributed by atoms with van der Waals surface area (Å²) in [7, 11) is 0. The first-order valence-electron chi connectivity index (χ1n) is 9.65. The summed E-state index contributed by atoms with van der Waals surface area (Å²) in [5.74, 6) is 0. The average Bonchev–Trinajstić information content (AvgIpc) is 3.03. The molecule has 2 rings (SSSR count). The molecule has 25 heavy (non-hydrogen) atoms. The Morgan fingerprint density at radius 3 is 2.72 bits per heavy atom. The van der Waals surface area contributed by atoms with E-state index in [4.69, 9.17) is 4.74 Å². The summed E-state index contributed by atoms with van der Waals surface area (Å²) in [5, 5.41) is 0. The molecule has 1 atom stereocenters. The van der Waals surface area contributed by atoms with Crippen LogP contribution in [0.4, 0.5) is 4.79 Å². The first kappa shape index (κ1) is 19.8. The molecule has 1 aromatic rings. The number of ether oxygens (including phenoxy) is 1. The molecule has 4 heteroatoms. The van der Waals surface area contributed by atoms with Gasteiger partial charge >= 0.3 is 6.09 Å². The smallest absolute Gasteiger partial charge is 0.410 e. The van der Waals surface area contributed by atoms with Crippen LogP contribution in [-0.2, 0) is 11.3 Å². The van der Waals surface area contributed by atoms with Gasteiger partial charge in [-0.05, 0) is 64.3 Å². The van der Waals surface area contributed by atoms with Gasteiger partial charge in [-0.15, -0.1) is 0 Å². The van der Waals surface area contributed by atoms with Crippen LogP contribution >= 0.6 is 0 Å². The molecule has 140 valence electrons. The maximum Gasteiger partial charge on any atom is 0.410 e. The second kappa shape index (κ2) is 8.70. The highest BCUT2D eigenvalue weighted by molar-refractivity contribution is 5.69. The molecule has 1 saturated heterocycles. The quantitative estimate of drug-likeness (QED) is 0.727. The van der Waals surface area contributed by atoms with E-state index in [9.17, 15) is 4.79 Å². The first-order chi connectivity index (χ1) is 11.8. The average molecular weight is 347 g/mol. The molecule has 4 nitrogen and oxygen atoms in total. The van der Waals surface area contributed by atoms with Crippen LogP contribution in [0.3, 0.4) is 0 Å². The fourth-order valence-electron chi connectivity index (χ4n) is 3.47. The summed E-state index contributed by atoms with van der Waals surface area (Å²) in [6, 6.07) is 8.86. The number of amides is 1. The standard InChI is InChI=1S/C21H34N2O2/c1-6-13-22(7-2)16-17-10-8-11-18(15-17)19-12-9-14-23(19)20(24)25-21(3,4)5/h8,10-11,15,19H,6-7,9,12-14,16H2,1-5H3. The molecule has 0 saturated carbocycles. The fraction of sp³-hybridized carbons (Fsp3) is 0.667. The van der Waals surface area contributed by atoms with Crippen molar-refractivity contribution in [2.75, 3.05) is 19.6 Å². The zero-order valence-corrected chi connectivity index (χ0v) is 16.5. The third-order valence-corrected chi connectivity index (χ3v) is 4.61. The van der Waals surface area contributed by atoms with E-state index >= 15 is 0 Å². The van der Waals surface area contributed by atoms with E-state index < -0.39 is 5.60 Å². The number of carbonyl (C=O) groups is 1. The lowest BCUT2D eigenvalue weighted by Gasteiger charge is -2.29. The van der Waals surface area contributed by atoms with Crippen molar-refractivity contribution in [3.63, 3.8) is 0 Å². The fourth-order valence-corrected chi connectivity index (χ4v) is 3.47. The van der Waals surface area contributed by atoms with Crippen LogP contribution in [-0.4, -0.2) is 41.1 Å². The molecule has 0 bridgehead atoms. The Bertz CT molecular complexity index is 565. The molecule has 0 spiro atoms. The first-order valence-corrected chi connectivity index (χ1v) is 9.65. The third-order valence-electron chi connectivity index (χ3n) is 4.61. The minimum Gasteiger partial charge on any atom is -0.444 e. The zero-order chi connectivity index (χ0) is 18.4. The maximum absolute atomic E-state index is 12.5. The Kier molecular flexibility index (Phi) is 6.88. The lowest BCUT2D eigenvalue weighted by Crippen LogP contribution is -2.36. The van der Waals surface area contributed by atoms with Gasteiger partial charge in [0.2, 0.25) is 0 Å². The molecule has 0 radical (unpaired) electrons. The van der Waals surface area contributed by atoms with Crippen molar-refractivity contribution >= 4 is 6.09 Å². The molecular formula is C21H34N2O2. The molecule has 0 N–H and O–H groups in total. The molecule has 1 heterocycles. The van der Waals surface area contributed by atoms with Crippen molar-refractivity contribution in [3.05, 3.63) is 35.4 Å². The number of hydrogen-bond donors (Lipinski definition) is 0. The zero-order valence-electron chi connectivity index (χ0n) is 16.5. The molecule has 1 aromatic carbocycles. The van der Waals surface area contributed by atoms with Crippen LogP contribution in [0.15, 0.2) is 24.3 Å². The molecular weight excluding hydrogens is 312 g/mol. The van der Waals surface area contributed by atoms with Gasteiger partial charge in [-0.3, -0.25) is 4.90 Å². The summed E-state index contributed by atoms with van der Waals surface area (Å²) in [5.41, 5.74) is 2.10. The summed E-state index contributed by atoms with van der Waals surface area (Å²) < 4.78 is 5.60. The minimum absolute atomic E-state index is 0.135. The largest absolute Gasteiger partial charge is 0.444 e. The highest BCUT2D eigenvalue weighted by atomic mass is 16.6. The van der Waals surface area contributed by atoms with Gasteiger partial charge < -0.3 is 9.64 Å². The lowest BCUT2D eigenvalue weighted by molar-refractivity contribution is 0.0224. The Labute approximate surface area is 153 Å². The topological polar surface area (TPSA) is 32.8 Å². The normalized spacial score (nSPS) is 18.0. The second-order valence-corrected chi connectivity index (χ2v) is 7.95. The molecule has 1 aliphatic rings. The van der Waals surface area contributed by atoms with Crippen molar-refractivity contribution in [1.82, 2.24) is 9.80 Å². The van der Waals surface area contributed by atoms with Crippen LogP contribution < -0.4 is 0 Å². The van der Waals surface area contributed by atoms with Gasteiger partial charge in [0.05, 0.1) is 6.04 Å². The Morgan fingerprint density at radius 2 is 2.08 bits per heavy atom. The Morgan fingerprint density at radius 1 is 1.32 bits per heavy atom.